The second kappa shape index (κ2) is 6.42. The van der Waals surface area contributed by atoms with Gasteiger partial charge in [-0.05, 0) is 60.8 Å². The molecule has 2 rings (SSSR count). The summed E-state index contributed by atoms with van der Waals surface area (Å²) in [6.45, 7) is 5.20. The second-order valence-electron chi connectivity index (χ2n) is 6.03. The quantitative estimate of drug-likeness (QED) is 0.838. The molecule has 0 aromatic heterocycles. The van der Waals surface area contributed by atoms with E-state index in [4.69, 9.17) is 10.5 Å². The standard InChI is InChI=1S/C17H27NO/c1-12(2)14-7-8-16(17(11-14)19-3)15(9-10-18)13-5-4-6-13/h7-8,11-13,15H,4-6,9-10,18H2,1-3H3. The monoisotopic (exact) mass is 261 g/mol. The molecule has 2 N–H and O–H groups in total. The molecule has 0 amide bonds. The van der Waals surface area contributed by atoms with Gasteiger partial charge < -0.3 is 10.5 Å². The Bertz CT molecular complexity index is 410. The van der Waals surface area contributed by atoms with Crippen LogP contribution in [0.5, 0.6) is 5.75 Å². The van der Waals surface area contributed by atoms with Gasteiger partial charge in [0.2, 0.25) is 0 Å². The van der Waals surface area contributed by atoms with Crippen LogP contribution in [0.25, 0.3) is 0 Å². The van der Waals surface area contributed by atoms with Gasteiger partial charge in [-0.25, -0.2) is 0 Å². The molecule has 106 valence electrons. The van der Waals surface area contributed by atoms with Crippen LogP contribution in [0.15, 0.2) is 18.2 Å². The van der Waals surface area contributed by atoms with Gasteiger partial charge in [0.25, 0.3) is 0 Å². The Morgan fingerprint density at radius 3 is 2.53 bits per heavy atom. The van der Waals surface area contributed by atoms with Crippen molar-refractivity contribution < 1.29 is 4.74 Å². The normalized spacial score (nSPS) is 17.3. The van der Waals surface area contributed by atoms with Crippen LogP contribution in [0.3, 0.4) is 0 Å². The maximum absolute atomic E-state index is 5.81. The van der Waals surface area contributed by atoms with E-state index in [1.54, 1.807) is 7.11 Å². The molecule has 1 aromatic rings. The summed E-state index contributed by atoms with van der Waals surface area (Å²) >= 11 is 0. The van der Waals surface area contributed by atoms with Crippen LogP contribution in [-0.4, -0.2) is 13.7 Å². The van der Waals surface area contributed by atoms with Crippen LogP contribution >= 0.6 is 0 Å². The molecule has 2 nitrogen and oxygen atoms in total. The van der Waals surface area contributed by atoms with E-state index in [2.05, 4.69) is 32.0 Å². The molecule has 1 atom stereocenters. The highest BCUT2D eigenvalue weighted by Gasteiger charge is 2.29. The molecule has 19 heavy (non-hydrogen) atoms. The van der Waals surface area contributed by atoms with Crippen LogP contribution in [-0.2, 0) is 0 Å². The molecule has 0 heterocycles. The van der Waals surface area contributed by atoms with E-state index in [9.17, 15) is 0 Å². The van der Waals surface area contributed by atoms with E-state index in [1.165, 1.54) is 30.4 Å². The van der Waals surface area contributed by atoms with Crippen molar-refractivity contribution in [2.24, 2.45) is 11.7 Å². The zero-order valence-electron chi connectivity index (χ0n) is 12.5. The minimum Gasteiger partial charge on any atom is -0.496 e. The van der Waals surface area contributed by atoms with Gasteiger partial charge in [0.05, 0.1) is 7.11 Å². The molecule has 0 aliphatic heterocycles. The fourth-order valence-electron chi connectivity index (χ4n) is 3.06. The zero-order chi connectivity index (χ0) is 13.8. The predicted molar refractivity (Wildman–Crippen MR) is 80.8 cm³/mol. The topological polar surface area (TPSA) is 35.2 Å². The van der Waals surface area contributed by atoms with Crippen molar-refractivity contribution >= 4 is 0 Å². The van der Waals surface area contributed by atoms with Crippen molar-refractivity contribution in [3.63, 3.8) is 0 Å². The number of nitrogens with two attached hydrogens (primary N) is 1. The van der Waals surface area contributed by atoms with Crippen LogP contribution in [0.2, 0.25) is 0 Å². The van der Waals surface area contributed by atoms with Gasteiger partial charge in [0.15, 0.2) is 0 Å². The van der Waals surface area contributed by atoms with Crippen molar-refractivity contribution in [3.05, 3.63) is 29.3 Å². The summed E-state index contributed by atoms with van der Waals surface area (Å²) < 4.78 is 5.64. The van der Waals surface area contributed by atoms with Crippen molar-refractivity contribution in [1.82, 2.24) is 0 Å². The van der Waals surface area contributed by atoms with Crippen molar-refractivity contribution in [2.45, 2.75) is 51.4 Å². The largest absolute Gasteiger partial charge is 0.496 e. The summed E-state index contributed by atoms with van der Waals surface area (Å²) in [5.41, 5.74) is 8.52. The Kier molecular flexibility index (Phi) is 4.87. The van der Waals surface area contributed by atoms with Gasteiger partial charge in [-0.2, -0.15) is 0 Å². The lowest BCUT2D eigenvalue weighted by molar-refractivity contribution is 0.248. The van der Waals surface area contributed by atoms with Crippen LogP contribution in [0, 0.1) is 5.92 Å². The number of hydrogen-bond donors (Lipinski definition) is 1. The van der Waals surface area contributed by atoms with E-state index in [0.717, 1.165) is 24.6 Å². The molecule has 0 spiro atoms. The Balaban J connectivity index is 2.29. The van der Waals surface area contributed by atoms with E-state index in [0.29, 0.717) is 11.8 Å². The predicted octanol–water partition coefficient (Wildman–Crippen LogP) is 4.05. The first-order valence-corrected chi connectivity index (χ1v) is 7.55. The molecule has 0 bridgehead atoms. The summed E-state index contributed by atoms with van der Waals surface area (Å²) in [7, 11) is 1.78. The first-order valence-electron chi connectivity index (χ1n) is 7.55. The van der Waals surface area contributed by atoms with Crippen LogP contribution in [0.4, 0.5) is 0 Å². The van der Waals surface area contributed by atoms with Gasteiger partial charge >= 0.3 is 0 Å². The average molecular weight is 261 g/mol. The van der Waals surface area contributed by atoms with Crippen molar-refractivity contribution in [2.75, 3.05) is 13.7 Å². The molecule has 1 aliphatic rings. The molecule has 1 aliphatic carbocycles. The number of rotatable bonds is 6. The fraction of sp³-hybridized carbons (Fsp3) is 0.647. The fourth-order valence-corrected chi connectivity index (χ4v) is 3.06. The maximum Gasteiger partial charge on any atom is 0.122 e. The van der Waals surface area contributed by atoms with Gasteiger partial charge in [0, 0.05) is 0 Å². The van der Waals surface area contributed by atoms with E-state index in [1.807, 2.05) is 0 Å². The third-order valence-corrected chi connectivity index (χ3v) is 4.52. The van der Waals surface area contributed by atoms with Crippen molar-refractivity contribution in [1.29, 1.82) is 0 Å². The summed E-state index contributed by atoms with van der Waals surface area (Å²) in [6.07, 6.45) is 5.14. The van der Waals surface area contributed by atoms with Crippen LogP contribution < -0.4 is 10.5 Å². The summed E-state index contributed by atoms with van der Waals surface area (Å²) in [5.74, 6) is 2.98. The van der Waals surface area contributed by atoms with E-state index in [-0.39, 0.29) is 0 Å². The maximum atomic E-state index is 5.81. The molecule has 2 heteroatoms. The molecule has 1 aromatic carbocycles. The van der Waals surface area contributed by atoms with Crippen molar-refractivity contribution in [3.8, 4) is 5.75 Å². The summed E-state index contributed by atoms with van der Waals surface area (Å²) in [5, 5.41) is 0. The highest BCUT2D eigenvalue weighted by atomic mass is 16.5. The van der Waals surface area contributed by atoms with Gasteiger partial charge in [-0.15, -0.1) is 0 Å². The first kappa shape index (κ1) is 14.4. The first-order chi connectivity index (χ1) is 9.17. The highest BCUT2D eigenvalue weighted by Crippen LogP contribution is 2.44. The van der Waals surface area contributed by atoms with E-state index < -0.39 is 0 Å². The summed E-state index contributed by atoms with van der Waals surface area (Å²) in [4.78, 5) is 0. The molecule has 0 radical (unpaired) electrons. The smallest absolute Gasteiger partial charge is 0.122 e. The minimum absolute atomic E-state index is 0.541. The number of ether oxygens (including phenoxy) is 1. The third-order valence-electron chi connectivity index (χ3n) is 4.52. The lowest BCUT2D eigenvalue weighted by Crippen LogP contribution is -2.23. The van der Waals surface area contributed by atoms with Gasteiger partial charge in [-0.1, -0.05) is 32.4 Å². The number of hydrogen-bond acceptors (Lipinski definition) is 2. The molecular weight excluding hydrogens is 234 g/mol. The number of methoxy groups -OCH3 is 1. The molecule has 1 fully saturated rings. The lowest BCUT2D eigenvalue weighted by Gasteiger charge is -2.35. The van der Waals surface area contributed by atoms with Crippen LogP contribution in [0.1, 0.15) is 62.5 Å². The Morgan fingerprint density at radius 2 is 2.05 bits per heavy atom. The molecule has 1 saturated carbocycles. The SMILES string of the molecule is COc1cc(C(C)C)ccc1C(CCN)C1CCC1. The Labute approximate surface area is 117 Å². The Morgan fingerprint density at radius 1 is 1.32 bits per heavy atom. The van der Waals surface area contributed by atoms with Gasteiger partial charge in [-0.3, -0.25) is 0 Å². The average Bonchev–Trinajstić information content (AvgIpc) is 2.35. The highest BCUT2D eigenvalue weighted by molar-refractivity contribution is 5.41. The molecular formula is C17H27NO. The Hall–Kier alpha value is -1.02. The second-order valence-corrected chi connectivity index (χ2v) is 6.03. The minimum atomic E-state index is 0.541. The van der Waals surface area contributed by atoms with E-state index >= 15 is 0 Å². The zero-order valence-corrected chi connectivity index (χ0v) is 12.5. The summed E-state index contributed by atoms with van der Waals surface area (Å²) in [6, 6.07) is 6.74. The molecule has 1 unspecified atom stereocenters. The lowest BCUT2D eigenvalue weighted by atomic mass is 9.71. The van der Waals surface area contributed by atoms with Gasteiger partial charge in [0.1, 0.15) is 5.75 Å². The molecule has 0 saturated heterocycles. The third kappa shape index (κ3) is 3.11. The number of benzene rings is 1.